The van der Waals surface area contributed by atoms with Crippen molar-refractivity contribution < 1.29 is 4.79 Å². The second-order valence-electron chi connectivity index (χ2n) is 5.23. The summed E-state index contributed by atoms with van der Waals surface area (Å²) in [6.45, 7) is 2.12. The molecule has 0 spiro atoms. The van der Waals surface area contributed by atoms with Crippen molar-refractivity contribution in [3.8, 4) is 0 Å². The average Bonchev–Trinajstić information content (AvgIpc) is 2.46. The number of amides is 1. The first kappa shape index (κ1) is 13.8. The first-order chi connectivity index (χ1) is 9.20. The highest BCUT2D eigenvalue weighted by Gasteiger charge is 2.24. The van der Waals surface area contributed by atoms with Crippen LogP contribution in [0.3, 0.4) is 0 Å². The van der Waals surface area contributed by atoms with E-state index < -0.39 is 0 Å². The molecule has 1 amide bonds. The molecule has 1 aliphatic rings. The highest BCUT2D eigenvalue weighted by Crippen LogP contribution is 2.27. The molecular formula is C14H22N4O. The summed E-state index contributed by atoms with van der Waals surface area (Å²) in [6.07, 6.45) is 7.26. The molecule has 1 unspecified atom stereocenters. The van der Waals surface area contributed by atoms with Crippen molar-refractivity contribution in [3.63, 3.8) is 0 Å². The Bertz CT molecular complexity index is 412. The van der Waals surface area contributed by atoms with Gasteiger partial charge >= 0.3 is 0 Å². The zero-order chi connectivity index (χ0) is 13.7. The molecule has 1 aliphatic carbocycles. The van der Waals surface area contributed by atoms with Crippen LogP contribution >= 0.6 is 0 Å². The zero-order valence-corrected chi connectivity index (χ0v) is 11.4. The maximum atomic E-state index is 12.1. The second kappa shape index (κ2) is 6.50. The molecule has 1 saturated carbocycles. The second-order valence-corrected chi connectivity index (χ2v) is 5.23. The summed E-state index contributed by atoms with van der Waals surface area (Å²) in [5.41, 5.74) is 5.80. The van der Waals surface area contributed by atoms with E-state index in [-0.39, 0.29) is 11.9 Å². The maximum Gasteiger partial charge on any atom is 0.272 e. The Kier molecular flexibility index (Phi) is 4.71. The van der Waals surface area contributed by atoms with Crippen LogP contribution in [0.4, 0.5) is 5.82 Å². The monoisotopic (exact) mass is 262 g/mol. The predicted octanol–water partition coefficient (Wildman–Crippen LogP) is 2.15. The van der Waals surface area contributed by atoms with E-state index in [1.54, 1.807) is 12.1 Å². The van der Waals surface area contributed by atoms with Gasteiger partial charge in [0.15, 0.2) is 5.69 Å². The number of hydrogen-bond donors (Lipinski definition) is 2. The molecule has 1 atom stereocenters. The van der Waals surface area contributed by atoms with Crippen LogP contribution in [0.25, 0.3) is 0 Å². The highest BCUT2D eigenvalue weighted by molar-refractivity contribution is 5.92. The number of nitrogens with zero attached hydrogens (tertiary/aromatic N) is 2. The van der Waals surface area contributed by atoms with Gasteiger partial charge in [0.25, 0.3) is 5.91 Å². The number of nitrogen functional groups attached to an aromatic ring is 1. The van der Waals surface area contributed by atoms with E-state index in [9.17, 15) is 4.79 Å². The van der Waals surface area contributed by atoms with Gasteiger partial charge in [-0.2, -0.15) is 0 Å². The quantitative estimate of drug-likeness (QED) is 0.871. The van der Waals surface area contributed by atoms with Crippen LogP contribution in [0.15, 0.2) is 12.1 Å². The minimum Gasteiger partial charge on any atom is -0.382 e. The number of anilines is 1. The Morgan fingerprint density at radius 1 is 1.37 bits per heavy atom. The van der Waals surface area contributed by atoms with Crippen molar-refractivity contribution in [3.05, 3.63) is 17.8 Å². The topological polar surface area (TPSA) is 80.9 Å². The van der Waals surface area contributed by atoms with Crippen molar-refractivity contribution >= 4 is 11.7 Å². The van der Waals surface area contributed by atoms with Gasteiger partial charge in [-0.15, -0.1) is 10.2 Å². The van der Waals surface area contributed by atoms with Gasteiger partial charge in [-0.3, -0.25) is 4.79 Å². The third-order valence-corrected chi connectivity index (χ3v) is 3.89. The lowest BCUT2D eigenvalue weighted by atomic mass is 9.83. The molecule has 5 nitrogen and oxygen atoms in total. The fraction of sp³-hybridized carbons (Fsp3) is 0.643. The number of carbonyl (C=O) groups excluding carboxylic acids is 1. The first-order valence-electron chi connectivity index (χ1n) is 7.10. The summed E-state index contributed by atoms with van der Waals surface area (Å²) < 4.78 is 0. The van der Waals surface area contributed by atoms with Crippen molar-refractivity contribution in [2.24, 2.45) is 5.92 Å². The van der Waals surface area contributed by atoms with Crippen molar-refractivity contribution in [2.45, 2.75) is 51.5 Å². The number of rotatable bonds is 4. The first-order valence-corrected chi connectivity index (χ1v) is 7.10. The minimum absolute atomic E-state index is 0.148. The lowest BCUT2D eigenvalue weighted by molar-refractivity contribution is 0.0905. The van der Waals surface area contributed by atoms with E-state index in [0.29, 0.717) is 17.4 Å². The predicted molar refractivity (Wildman–Crippen MR) is 74.6 cm³/mol. The number of hydrogen-bond acceptors (Lipinski definition) is 4. The van der Waals surface area contributed by atoms with Crippen LogP contribution in [0.2, 0.25) is 0 Å². The zero-order valence-electron chi connectivity index (χ0n) is 11.4. The van der Waals surface area contributed by atoms with Crippen molar-refractivity contribution in [1.82, 2.24) is 15.5 Å². The Labute approximate surface area is 114 Å². The molecule has 19 heavy (non-hydrogen) atoms. The Morgan fingerprint density at radius 3 is 2.68 bits per heavy atom. The minimum atomic E-state index is -0.148. The summed E-state index contributed by atoms with van der Waals surface area (Å²) >= 11 is 0. The average molecular weight is 262 g/mol. The van der Waals surface area contributed by atoms with E-state index in [0.717, 1.165) is 6.42 Å². The summed E-state index contributed by atoms with van der Waals surface area (Å²) in [4.78, 5) is 12.1. The molecule has 0 aliphatic heterocycles. The van der Waals surface area contributed by atoms with E-state index >= 15 is 0 Å². The fourth-order valence-electron chi connectivity index (χ4n) is 2.80. The van der Waals surface area contributed by atoms with Crippen LogP contribution in [0, 0.1) is 5.92 Å². The molecule has 0 saturated heterocycles. The normalized spacial score (nSPS) is 17.9. The molecule has 2 rings (SSSR count). The fourth-order valence-corrected chi connectivity index (χ4v) is 2.80. The molecule has 1 aromatic heterocycles. The van der Waals surface area contributed by atoms with E-state index in [2.05, 4.69) is 22.4 Å². The van der Waals surface area contributed by atoms with E-state index in [1.165, 1.54) is 32.1 Å². The molecule has 1 aromatic rings. The van der Waals surface area contributed by atoms with Gasteiger partial charge in [0, 0.05) is 6.04 Å². The Balaban J connectivity index is 1.97. The van der Waals surface area contributed by atoms with Gasteiger partial charge < -0.3 is 11.1 Å². The van der Waals surface area contributed by atoms with Gasteiger partial charge in [0.05, 0.1) is 0 Å². The van der Waals surface area contributed by atoms with E-state index in [4.69, 9.17) is 5.73 Å². The van der Waals surface area contributed by atoms with E-state index in [1.807, 2.05) is 0 Å². The van der Waals surface area contributed by atoms with Crippen LogP contribution in [0.5, 0.6) is 0 Å². The summed E-state index contributed by atoms with van der Waals surface area (Å²) in [7, 11) is 0. The SMILES string of the molecule is CCC(NC(=O)c1ccc(N)nn1)C1CCCCC1. The summed E-state index contributed by atoms with van der Waals surface area (Å²) in [5.74, 6) is 0.783. The number of carbonyl (C=O) groups is 1. The summed E-state index contributed by atoms with van der Waals surface area (Å²) in [6, 6.07) is 3.46. The van der Waals surface area contributed by atoms with Crippen molar-refractivity contribution in [1.29, 1.82) is 0 Å². The number of aromatic nitrogens is 2. The molecule has 1 heterocycles. The third kappa shape index (κ3) is 3.66. The largest absolute Gasteiger partial charge is 0.382 e. The number of nitrogens with two attached hydrogens (primary N) is 1. The smallest absolute Gasteiger partial charge is 0.272 e. The lowest BCUT2D eigenvalue weighted by Gasteiger charge is -2.30. The molecule has 5 heteroatoms. The number of nitrogens with one attached hydrogen (secondary N) is 1. The molecule has 0 bridgehead atoms. The standard InChI is InChI=1S/C14H22N4O/c1-2-11(10-6-4-3-5-7-10)16-14(19)12-8-9-13(15)18-17-12/h8-11H,2-7H2,1H3,(H2,15,18)(H,16,19). The third-order valence-electron chi connectivity index (χ3n) is 3.89. The molecule has 0 radical (unpaired) electrons. The van der Waals surface area contributed by atoms with Gasteiger partial charge in [0.2, 0.25) is 0 Å². The summed E-state index contributed by atoms with van der Waals surface area (Å²) in [5, 5.41) is 10.6. The molecule has 0 aromatic carbocycles. The van der Waals surface area contributed by atoms with Crippen LogP contribution < -0.4 is 11.1 Å². The van der Waals surface area contributed by atoms with Gasteiger partial charge in [0.1, 0.15) is 5.82 Å². The molecule has 104 valence electrons. The Morgan fingerprint density at radius 2 is 2.11 bits per heavy atom. The molecule has 3 N–H and O–H groups in total. The van der Waals surface area contributed by atoms with Gasteiger partial charge in [-0.05, 0) is 37.3 Å². The van der Waals surface area contributed by atoms with Crippen LogP contribution in [-0.2, 0) is 0 Å². The Hall–Kier alpha value is -1.65. The van der Waals surface area contributed by atoms with Gasteiger partial charge in [-0.25, -0.2) is 0 Å². The highest BCUT2D eigenvalue weighted by atomic mass is 16.2. The van der Waals surface area contributed by atoms with Crippen LogP contribution in [0.1, 0.15) is 55.9 Å². The lowest BCUT2D eigenvalue weighted by Crippen LogP contribution is -2.41. The molecule has 1 fully saturated rings. The maximum absolute atomic E-state index is 12.1. The van der Waals surface area contributed by atoms with Crippen molar-refractivity contribution in [2.75, 3.05) is 5.73 Å². The van der Waals surface area contributed by atoms with Crippen LogP contribution in [-0.4, -0.2) is 22.1 Å². The molecular weight excluding hydrogens is 240 g/mol. The van der Waals surface area contributed by atoms with Gasteiger partial charge in [-0.1, -0.05) is 26.2 Å².